The molecule has 0 heterocycles. The zero-order valence-corrected chi connectivity index (χ0v) is 15.8. The quantitative estimate of drug-likeness (QED) is 0.804. The van der Waals surface area contributed by atoms with Crippen LogP contribution >= 0.6 is 0 Å². The van der Waals surface area contributed by atoms with Crippen LogP contribution in [-0.4, -0.2) is 48.2 Å². The summed E-state index contributed by atoms with van der Waals surface area (Å²) in [6.07, 6.45) is 6.57. The van der Waals surface area contributed by atoms with Gasteiger partial charge in [0.2, 0.25) is 0 Å². The summed E-state index contributed by atoms with van der Waals surface area (Å²) < 4.78 is 5.63. The van der Waals surface area contributed by atoms with Crippen LogP contribution in [0.5, 0.6) is 5.75 Å². The summed E-state index contributed by atoms with van der Waals surface area (Å²) in [7, 11) is 1.79. The Balaban J connectivity index is 1.23. The Morgan fingerprint density at radius 3 is 2.22 bits per heavy atom. The predicted molar refractivity (Wildman–Crippen MR) is 101 cm³/mol. The smallest absolute Gasteiger partial charge is 0.335 e. The van der Waals surface area contributed by atoms with Crippen molar-refractivity contribution in [1.29, 1.82) is 0 Å². The van der Waals surface area contributed by atoms with Crippen molar-refractivity contribution in [3.63, 3.8) is 0 Å². The second-order valence-corrected chi connectivity index (χ2v) is 8.51. The zero-order valence-electron chi connectivity index (χ0n) is 15.8. The van der Waals surface area contributed by atoms with Crippen molar-refractivity contribution >= 4 is 12.0 Å². The minimum absolute atomic E-state index is 0.0164. The second kappa shape index (κ2) is 7.41. The lowest BCUT2D eigenvalue weighted by Gasteiger charge is -2.54. The van der Waals surface area contributed by atoms with Crippen LogP contribution in [0.25, 0.3) is 0 Å². The van der Waals surface area contributed by atoms with Gasteiger partial charge < -0.3 is 20.1 Å². The Bertz CT molecular complexity index is 675. The largest absolute Gasteiger partial charge is 0.492 e. The van der Waals surface area contributed by atoms with E-state index in [1.165, 1.54) is 44.2 Å². The number of aromatic carboxylic acids is 1. The molecule has 4 fully saturated rings. The molecule has 1 aromatic rings. The van der Waals surface area contributed by atoms with Crippen molar-refractivity contribution < 1.29 is 19.4 Å². The molecule has 4 aliphatic carbocycles. The number of ether oxygens (including phenoxy) is 1. The van der Waals surface area contributed by atoms with Gasteiger partial charge in [-0.1, -0.05) is 0 Å². The number of nitrogens with one attached hydrogen (secondary N) is 1. The fraction of sp³-hybridized carbons (Fsp3) is 0.619. The number of carbonyl (C=O) groups is 2. The molecule has 2 N–H and O–H groups in total. The van der Waals surface area contributed by atoms with E-state index in [2.05, 4.69) is 5.32 Å². The maximum Gasteiger partial charge on any atom is 0.335 e. The van der Waals surface area contributed by atoms with Gasteiger partial charge in [-0.25, -0.2) is 9.59 Å². The average Bonchev–Trinajstić information content (AvgIpc) is 2.64. The normalized spacial score (nSPS) is 30.8. The minimum atomic E-state index is -0.956. The highest BCUT2D eigenvalue weighted by Gasteiger charge is 2.48. The van der Waals surface area contributed by atoms with Crippen LogP contribution in [-0.2, 0) is 0 Å². The lowest BCUT2D eigenvalue weighted by Crippen LogP contribution is -2.57. The van der Waals surface area contributed by atoms with Crippen LogP contribution < -0.4 is 10.1 Å². The second-order valence-electron chi connectivity index (χ2n) is 8.51. The van der Waals surface area contributed by atoms with Gasteiger partial charge in [-0.3, -0.25) is 0 Å². The Kier molecular flexibility index (Phi) is 4.98. The SMILES string of the molecule is CN(CCOc1ccc(C(=O)O)cc1)C(=O)NC1C2CC3CC(C2)CC1C3. The molecule has 2 amide bonds. The van der Waals surface area contributed by atoms with Crippen LogP contribution in [0.15, 0.2) is 24.3 Å². The number of likely N-dealkylation sites (N-methyl/N-ethyl adjacent to an activating group) is 1. The number of hydrogen-bond donors (Lipinski definition) is 2. The van der Waals surface area contributed by atoms with E-state index in [1.54, 1.807) is 24.1 Å². The van der Waals surface area contributed by atoms with E-state index in [0.29, 0.717) is 36.8 Å². The molecular formula is C21H28N2O4. The molecule has 0 aliphatic heterocycles. The number of benzene rings is 1. The third-order valence-corrected chi connectivity index (χ3v) is 6.66. The molecule has 5 rings (SSSR count). The number of carbonyl (C=O) groups excluding carboxylic acids is 1. The van der Waals surface area contributed by atoms with Gasteiger partial charge in [0.05, 0.1) is 12.1 Å². The summed E-state index contributed by atoms with van der Waals surface area (Å²) in [5.41, 5.74) is 0.231. The number of carboxylic acid groups (broad SMARTS) is 1. The third kappa shape index (κ3) is 3.89. The van der Waals surface area contributed by atoms with E-state index in [9.17, 15) is 9.59 Å². The van der Waals surface area contributed by atoms with Crippen LogP contribution in [0.3, 0.4) is 0 Å². The number of hydrogen-bond acceptors (Lipinski definition) is 3. The summed E-state index contributed by atoms with van der Waals surface area (Å²) in [4.78, 5) is 25.1. The number of nitrogens with zero attached hydrogens (tertiary/aromatic N) is 1. The molecule has 4 aliphatic rings. The highest BCUT2D eigenvalue weighted by atomic mass is 16.5. The molecular weight excluding hydrogens is 344 g/mol. The third-order valence-electron chi connectivity index (χ3n) is 6.66. The lowest BCUT2D eigenvalue weighted by molar-refractivity contribution is -0.0108. The summed E-state index contributed by atoms with van der Waals surface area (Å²) in [6.45, 7) is 0.859. The van der Waals surface area contributed by atoms with E-state index >= 15 is 0 Å². The van der Waals surface area contributed by atoms with Crippen molar-refractivity contribution in [3.05, 3.63) is 29.8 Å². The molecule has 0 spiro atoms. The number of carboxylic acids is 1. The van der Waals surface area contributed by atoms with Crippen molar-refractivity contribution in [2.75, 3.05) is 20.2 Å². The molecule has 0 aromatic heterocycles. The molecule has 6 heteroatoms. The van der Waals surface area contributed by atoms with Crippen molar-refractivity contribution in [3.8, 4) is 5.75 Å². The topological polar surface area (TPSA) is 78.9 Å². The first kappa shape index (κ1) is 18.1. The molecule has 4 saturated carbocycles. The molecule has 6 nitrogen and oxygen atoms in total. The van der Waals surface area contributed by atoms with Gasteiger partial charge in [0, 0.05) is 13.1 Å². The maximum absolute atomic E-state index is 12.6. The summed E-state index contributed by atoms with van der Waals surface area (Å²) >= 11 is 0. The average molecular weight is 372 g/mol. The van der Waals surface area contributed by atoms with E-state index in [-0.39, 0.29) is 11.6 Å². The number of rotatable bonds is 6. The molecule has 0 saturated heterocycles. The fourth-order valence-electron chi connectivity index (χ4n) is 5.51. The standard InChI is InChI=1S/C21H28N2O4/c1-23(6-7-27-18-4-2-15(3-5-18)20(24)25)21(26)22-19-16-9-13-8-14(11-16)12-17(19)10-13/h2-5,13-14,16-17,19H,6-12H2,1H3,(H,22,26)(H,24,25). The van der Waals surface area contributed by atoms with E-state index in [0.717, 1.165) is 11.8 Å². The van der Waals surface area contributed by atoms with Crippen molar-refractivity contribution in [2.45, 2.75) is 38.1 Å². The Labute approximate surface area is 159 Å². The van der Waals surface area contributed by atoms with E-state index in [4.69, 9.17) is 9.84 Å². The van der Waals surface area contributed by atoms with Crippen molar-refractivity contribution in [1.82, 2.24) is 10.2 Å². The first-order chi connectivity index (χ1) is 13.0. The Morgan fingerprint density at radius 2 is 1.67 bits per heavy atom. The molecule has 0 atom stereocenters. The van der Waals surface area contributed by atoms with Gasteiger partial charge in [0.15, 0.2) is 0 Å². The predicted octanol–water partition coefficient (Wildman–Crippen LogP) is 3.23. The van der Waals surface area contributed by atoms with E-state index < -0.39 is 5.97 Å². The van der Waals surface area contributed by atoms with Crippen LogP contribution in [0.4, 0.5) is 4.79 Å². The van der Waals surface area contributed by atoms with Gasteiger partial charge >= 0.3 is 12.0 Å². The molecule has 146 valence electrons. The van der Waals surface area contributed by atoms with Gasteiger partial charge in [-0.05, 0) is 80.0 Å². The van der Waals surface area contributed by atoms with Crippen LogP contribution in [0.2, 0.25) is 0 Å². The molecule has 27 heavy (non-hydrogen) atoms. The Hall–Kier alpha value is -2.24. The molecule has 0 unspecified atom stereocenters. The number of urea groups is 1. The van der Waals surface area contributed by atoms with Gasteiger partial charge in [-0.15, -0.1) is 0 Å². The maximum atomic E-state index is 12.6. The summed E-state index contributed by atoms with van der Waals surface area (Å²) in [6, 6.07) is 6.63. The number of amides is 2. The van der Waals surface area contributed by atoms with Gasteiger partial charge in [-0.2, -0.15) is 0 Å². The minimum Gasteiger partial charge on any atom is -0.492 e. The van der Waals surface area contributed by atoms with Gasteiger partial charge in [0.25, 0.3) is 0 Å². The highest BCUT2D eigenvalue weighted by molar-refractivity contribution is 5.87. The van der Waals surface area contributed by atoms with Crippen LogP contribution in [0.1, 0.15) is 42.5 Å². The molecule has 0 radical (unpaired) electrons. The highest BCUT2D eigenvalue weighted by Crippen LogP contribution is 2.53. The first-order valence-corrected chi connectivity index (χ1v) is 9.97. The van der Waals surface area contributed by atoms with E-state index in [1.807, 2.05) is 0 Å². The molecule has 1 aromatic carbocycles. The van der Waals surface area contributed by atoms with Crippen molar-refractivity contribution in [2.24, 2.45) is 23.7 Å². The zero-order chi connectivity index (χ0) is 19.0. The van der Waals surface area contributed by atoms with Gasteiger partial charge in [0.1, 0.15) is 12.4 Å². The Morgan fingerprint density at radius 1 is 1.07 bits per heavy atom. The monoisotopic (exact) mass is 372 g/mol. The lowest BCUT2D eigenvalue weighted by atomic mass is 9.54. The summed E-state index contributed by atoms with van der Waals surface area (Å²) in [5, 5.41) is 12.2. The first-order valence-electron chi connectivity index (χ1n) is 9.97. The summed E-state index contributed by atoms with van der Waals surface area (Å²) in [5.74, 6) is 2.79. The van der Waals surface area contributed by atoms with Crippen LogP contribution in [0, 0.1) is 23.7 Å². The fourth-order valence-corrected chi connectivity index (χ4v) is 5.51. The molecule has 4 bridgehead atoms.